The molecule has 5 nitrogen and oxygen atoms in total. The van der Waals surface area contributed by atoms with E-state index in [1.54, 1.807) is 0 Å². The number of nitrogens with one attached hydrogen (secondary N) is 1. The molecule has 0 aliphatic carbocycles. The van der Waals surface area contributed by atoms with E-state index in [2.05, 4.69) is 31.0 Å². The minimum atomic E-state index is 0.117. The van der Waals surface area contributed by atoms with Gasteiger partial charge in [0.05, 0.1) is 25.9 Å². The lowest BCUT2D eigenvalue weighted by Gasteiger charge is -2.31. The van der Waals surface area contributed by atoms with Crippen LogP contribution in [0.2, 0.25) is 0 Å². The molecular weight excluding hydrogens is 256 g/mol. The first-order valence-electron chi connectivity index (χ1n) is 7.65. The van der Waals surface area contributed by atoms with Crippen LogP contribution >= 0.6 is 0 Å². The van der Waals surface area contributed by atoms with Crippen LogP contribution in [-0.4, -0.2) is 62.9 Å². The van der Waals surface area contributed by atoms with Gasteiger partial charge in [-0.05, 0) is 11.8 Å². The van der Waals surface area contributed by atoms with Gasteiger partial charge in [0.2, 0.25) is 5.91 Å². The fourth-order valence-electron chi connectivity index (χ4n) is 3.06. The first kappa shape index (κ1) is 15.7. The normalized spacial score (nSPS) is 28.6. The van der Waals surface area contributed by atoms with E-state index in [4.69, 9.17) is 9.47 Å². The molecular formula is C15H28N2O3. The monoisotopic (exact) mass is 284 g/mol. The average Bonchev–Trinajstić information content (AvgIpc) is 2.86. The number of nitrogens with zero attached hydrogens (tertiary/aromatic N) is 1. The lowest BCUT2D eigenvalue weighted by atomic mass is 9.81. The Morgan fingerprint density at radius 1 is 1.25 bits per heavy atom. The second-order valence-corrected chi connectivity index (χ2v) is 6.90. The Bertz CT molecular complexity index is 322. The van der Waals surface area contributed by atoms with Crippen LogP contribution in [0.25, 0.3) is 0 Å². The molecule has 1 amide bonds. The molecule has 1 N–H and O–H groups in total. The van der Waals surface area contributed by atoms with Crippen molar-refractivity contribution in [3.63, 3.8) is 0 Å². The van der Waals surface area contributed by atoms with Crippen LogP contribution in [0.4, 0.5) is 0 Å². The molecule has 5 heteroatoms. The third-order valence-electron chi connectivity index (χ3n) is 4.10. The summed E-state index contributed by atoms with van der Waals surface area (Å²) in [6, 6.07) is 0. The van der Waals surface area contributed by atoms with Crippen LogP contribution < -0.4 is 5.32 Å². The summed E-state index contributed by atoms with van der Waals surface area (Å²) in [5, 5.41) is 3.07. The zero-order valence-electron chi connectivity index (χ0n) is 13.0. The summed E-state index contributed by atoms with van der Waals surface area (Å²) >= 11 is 0. The lowest BCUT2D eigenvalue weighted by Crippen LogP contribution is -2.45. The van der Waals surface area contributed by atoms with Crippen LogP contribution in [0.15, 0.2) is 0 Å². The van der Waals surface area contributed by atoms with Crippen molar-refractivity contribution in [2.24, 2.45) is 11.3 Å². The number of carbonyl (C=O) groups is 1. The Morgan fingerprint density at radius 3 is 2.60 bits per heavy atom. The summed E-state index contributed by atoms with van der Waals surface area (Å²) < 4.78 is 11.1. The summed E-state index contributed by atoms with van der Waals surface area (Å²) in [5.74, 6) is 0.551. The molecule has 0 aromatic carbocycles. The standard InChI is InChI=1S/C15H28N2O3/c1-15(2,3)14-12(4-7-20-14)10-16-13(18)11-17-5-8-19-9-6-17/h12,14H,4-11H2,1-3H3,(H,16,18)/t12-,14+/m1/s1. The van der Waals surface area contributed by atoms with Gasteiger partial charge in [0.25, 0.3) is 0 Å². The van der Waals surface area contributed by atoms with Crippen LogP contribution in [0.1, 0.15) is 27.2 Å². The molecule has 0 aromatic heterocycles. The van der Waals surface area contributed by atoms with Crippen molar-refractivity contribution in [2.45, 2.75) is 33.3 Å². The van der Waals surface area contributed by atoms with Crippen LogP contribution in [0, 0.1) is 11.3 Å². The highest BCUT2D eigenvalue weighted by Gasteiger charge is 2.37. The molecule has 2 aliphatic heterocycles. The van der Waals surface area contributed by atoms with Gasteiger partial charge in [-0.2, -0.15) is 0 Å². The van der Waals surface area contributed by atoms with Gasteiger partial charge in [-0.15, -0.1) is 0 Å². The number of rotatable bonds is 4. The fraction of sp³-hybridized carbons (Fsp3) is 0.933. The molecule has 20 heavy (non-hydrogen) atoms. The maximum atomic E-state index is 12.0. The summed E-state index contributed by atoms with van der Waals surface area (Å²) in [5.41, 5.74) is 0.135. The SMILES string of the molecule is CC(C)(C)[C@H]1OCC[C@@H]1CNC(=O)CN1CCOCC1. The van der Waals surface area contributed by atoms with Crippen molar-refractivity contribution in [1.29, 1.82) is 0 Å². The van der Waals surface area contributed by atoms with E-state index >= 15 is 0 Å². The molecule has 2 rings (SSSR count). The smallest absolute Gasteiger partial charge is 0.234 e. The van der Waals surface area contributed by atoms with Crippen molar-refractivity contribution in [3.8, 4) is 0 Å². The van der Waals surface area contributed by atoms with E-state index in [-0.39, 0.29) is 17.4 Å². The van der Waals surface area contributed by atoms with Crippen molar-refractivity contribution in [3.05, 3.63) is 0 Å². The number of hydrogen-bond acceptors (Lipinski definition) is 4. The van der Waals surface area contributed by atoms with Crippen molar-refractivity contribution in [1.82, 2.24) is 10.2 Å². The van der Waals surface area contributed by atoms with Gasteiger partial charge in [0.15, 0.2) is 0 Å². The van der Waals surface area contributed by atoms with Gasteiger partial charge >= 0.3 is 0 Å². The molecule has 2 heterocycles. The number of morpholine rings is 1. The van der Waals surface area contributed by atoms with Gasteiger partial charge in [-0.25, -0.2) is 0 Å². The predicted octanol–water partition coefficient (Wildman–Crippen LogP) is 0.886. The zero-order valence-corrected chi connectivity index (χ0v) is 13.0. The Kier molecular flexibility index (Phi) is 5.41. The van der Waals surface area contributed by atoms with Crippen molar-refractivity contribution < 1.29 is 14.3 Å². The molecule has 0 bridgehead atoms. The first-order chi connectivity index (χ1) is 9.47. The largest absolute Gasteiger partial charge is 0.379 e. The second-order valence-electron chi connectivity index (χ2n) is 6.90. The van der Waals surface area contributed by atoms with E-state index in [9.17, 15) is 4.79 Å². The Morgan fingerprint density at radius 2 is 1.95 bits per heavy atom. The molecule has 0 saturated carbocycles. The maximum Gasteiger partial charge on any atom is 0.234 e. The third kappa shape index (κ3) is 4.43. The number of amides is 1. The second kappa shape index (κ2) is 6.87. The topological polar surface area (TPSA) is 50.8 Å². The fourth-order valence-corrected chi connectivity index (χ4v) is 3.06. The summed E-state index contributed by atoms with van der Waals surface area (Å²) in [6.45, 7) is 11.8. The maximum absolute atomic E-state index is 12.0. The van der Waals surface area contributed by atoms with E-state index in [0.717, 1.165) is 45.9 Å². The predicted molar refractivity (Wildman–Crippen MR) is 77.6 cm³/mol. The molecule has 2 atom stereocenters. The molecule has 2 aliphatic rings. The number of hydrogen-bond donors (Lipinski definition) is 1. The molecule has 116 valence electrons. The Labute approximate surface area is 122 Å². The summed E-state index contributed by atoms with van der Waals surface area (Å²) in [4.78, 5) is 14.1. The van der Waals surface area contributed by atoms with Crippen LogP contribution in [0.5, 0.6) is 0 Å². The van der Waals surface area contributed by atoms with Gasteiger partial charge < -0.3 is 14.8 Å². The highest BCUT2D eigenvalue weighted by molar-refractivity contribution is 5.78. The van der Waals surface area contributed by atoms with Crippen LogP contribution in [0.3, 0.4) is 0 Å². The Balaban J connectivity index is 1.72. The highest BCUT2D eigenvalue weighted by Crippen LogP contribution is 2.34. The molecule has 2 fully saturated rings. The summed E-state index contributed by atoms with van der Waals surface area (Å²) in [7, 11) is 0. The minimum Gasteiger partial charge on any atom is -0.379 e. The zero-order chi connectivity index (χ0) is 14.6. The summed E-state index contributed by atoms with van der Waals surface area (Å²) in [6.07, 6.45) is 1.28. The van der Waals surface area contributed by atoms with Crippen molar-refractivity contribution in [2.75, 3.05) is 46.0 Å². The number of carbonyl (C=O) groups excluding carboxylic acids is 1. The Hall–Kier alpha value is -0.650. The highest BCUT2D eigenvalue weighted by atomic mass is 16.5. The van der Waals surface area contributed by atoms with Crippen molar-refractivity contribution >= 4 is 5.91 Å². The quantitative estimate of drug-likeness (QED) is 0.833. The van der Waals surface area contributed by atoms with Gasteiger partial charge in [0.1, 0.15) is 0 Å². The number of ether oxygens (including phenoxy) is 2. The van der Waals surface area contributed by atoms with Gasteiger partial charge in [-0.3, -0.25) is 9.69 Å². The van der Waals surface area contributed by atoms with E-state index in [1.165, 1.54) is 0 Å². The molecule has 0 spiro atoms. The van der Waals surface area contributed by atoms with E-state index in [1.807, 2.05) is 0 Å². The van der Waals surface area contributed by atoms with Gasteiger partial charge in [0, 0.05) is 32.2 Å². The van der Waals surface area contributed by atoms with Gasteiger partial charge in [-0.1, -0.05) is 20.8 Å². The van der Waals surface area contributed by atoms with Crippen LogP contribution in [-0.2, 0) is 14.3 Å². The lowest BCUT2D eigenvalue weighted by molar-refractivity contribution is -0.123. The molecule has 2 saturated heterocycles. The molecule has 0 unspecified atom stereocenters. The molecule has 0 aromatic rings. The molecule has 0 radical (unpaired) electrons. The van der Waals surface area contributed by atoms with E-state index in [0.29, 0.717) is 12.5 Å². The minimum absolute atomic E-state index is 0.117. The average molecular weight is 284 g/mol. The van der Waals surface area contributed by atoms with E-state index < -0.39 is 0 Å². The third-order valence-corrected chi connectivity index (χ3v) is 4.10. The first-order valence-corrected chi connectivity index (χ1v) is 7.65.